The summed E-state index contributed by atoms with van der Waals surface area (Å²) in [6.07, 6.45) is -1.03. The SMILES string of the molecule is CC(C)CC(N)c1cncn1CC(F)(F)F. The molecule has 0 aliphatic heterocycles. The van der Waals surface area contributed by atoms with Gasteiger partial charge in [0.05, 0.1) is 12.0 Å². The maximum atomic E-state index is 12.2. The van der Waals surface area contributed by atoms with E-state index in [2.05, 4.69) is 4.98 Å². The molecule has 0 radical (unpaired) electrons. The predicted molar refractivity (Wildman–Crippen MR) is 54.7 cm³/mol. The number of rotatable bonds is 4. The Kier molecular flexibility index (Phi) is 3.96. The summed E-state index contributed by atoms with van der Waals surface area (Å²) >= 11 is 0. The quantitative estimate of drug-likeness (QED) is 0.871. The van der Waals surface area contributed by atoms with E-state index in [9.17, 15) is 13.2 Å². The number of nitrogens with two attached hydrogens (primary N) is 1. The molecule has 1 rings (SSSR count). The minimum Gasteiger partial charge on any atom is -0.324 e. The Morgan fingerprint density at radius 2 is 2.06 bits per heavy atom. The molecule has 6 heteroatoms. The van der Waals surface area contributed by atoms with Crippen molar-refractivity contribution in [3.8, 4) is 0 Å². The highest BCUT2D eigenvalue weighted by atomic mass is 19.4. The van der Waals surface area contributed by atoms with Crippen molar-refractivity contribution >= 4 is 0 Å². The van der Waals surface area contributed by atoms with Crippen LogP contribution in [0.1, 0.15) is 32.0 Å². The highest BCUT2D eigenvalue weighted by Crippen LogP contribution is 2.23. The van der Waals surface area contributed by atoms with E-state index in [0.717, 1.165) is 4.57 Å². The van der Waals surface area contributed by atoms with Gasteiger partial charge in [-0.1, -0.05) is 13.8 Å². The largest absolute Gasteiger partial charge is 0.406 e. The molecule has 0 amide bonds. The van der Waals surface area contributed by atoms with Crippen molar-refractivity contribution in [3.63, 3.8) is 0 Å². The van der Waals surface area contributed by atoms with E-state index in [1.54, 1.807) is 0 Å². The van der Waals surface area contributed by atoms with Gasteiger partial charge in [-0.15, -0.1) is 0 Å². The van der Waals surface area contributed by atoms with Gasteiger partial charge in [0, 0.05) is 12.2 Å². The van der Waals surface area contributed by atoms with Crippen LogP contribution in [0.15, 0.2) is 12.5 Å². The lowest BCUT2D eigenvalue weighted by Gasteiger charge is -2.17. The predicted octanol–water partition coefficient (Wildman–Crippen LogP) is 2.49. The number of hydrogen-bond donors (Lipinski definition) is 1. The third kappa shape index (κ3) is 3.84. The Balaban J connectivity index is 2.77. The number of hydrogen-bond acceptors (Lipinski definition) is 2. The molecule has 16 heavy (non-hydrogen) atoms. The van der Waals surface area contributed by atoms with E-state index in [0.29, 0.717) is 18.0 Å². The Labute approximate surface area is 92.5 Å². The fourth-order valence-electron chi connectivity index (χ4n) is 1.59. The van der Waals surface area contributed by atoms with Crippen molar-refractivity contribution in [2.24, 2.45) is 11.7 Å². The molecule has 0 saturated heterocycles. The molecule has 0 bridgehead atoms. The first-order valence-electron chi connectivity index (χ1n) is 5.12. The average molecular weight is 235 g/mol. The van der Waals surface area contributed by atoms with Gasteiger partial charge in [-0.25, -0.2) is 4.98 Å². The van der Waals surface area contributed by atoms with Crippen molar-refractivity contribution in [2.45, 2.75) is 39.0 Å². The monoisotopic (exact) mass is 235 g/mol. The summed E-state index contributed by atoms with van der Waals surface area (Å²) in [7, 11) is 0. The molecule has 3 nitrogen and oxygen atoms in total. The summed E-state index contributed by atoms with van der Waals surface area (Å²) in [5, 5.41) is 0. The third-order valence-corrected chi connectivity index (χ3v) is 2.20. The number of aromatic nitrogens is 2. The van der Waals surface area contributed by atoms with Gasteiger partial charge >= 0.3 is 6.18 Å². The molecular formula is C10H16F3N3. The molecule has 0 aliphatic rings. The van der Waals surface area contributed by atoms with Gasteiger partial charge in [0.15, 0.2) is 0 Å². The molecule has 1 heterocycles. The van der Waals surface area contributed by atoms with Crippen molar-refractivity contribution in [1.82, 2.24) is 9.55 Å². The van der Waals surface area contributed by atoms with Crippen LogP contribution < -0.4 is 5.73 Å². The lowest BCUT2D eigenvalue weighted by Crippen LogP contribution is -2.23. The molecule has 0 aromatic carbocycles. The molecule has 1 aromatic rings. The first-order valence-corrected chi connectivity index (χ1v) is 5.12. The summed E-state index contributed by atoms with van der Waals surface area (Å²) in [6, 6.07) is -0.398. The van der Waals surface area contributed by atoms with Gasteiger partial charge < -0.3 is 10.3 Å². The molecule has 0 fully saturated rings. The van der Waals surface area contributed by atoms with Gasteiger partial charge in [0.1, 0.15) is 6.54 Å². The molecule has 0 saturated carbocycles. The maximum Gasteiger partial charge on any atom is 0.406 e. The number of halogens is 3. The highest BCUT2D eigenvalue weighted by molar-refractivity contribution is 5.05. The summed E-state index contributed by atoms with van der Waals surface area (Å²) in [4.78, 5) is 3.72. The molecule has 92 valence electrons. The molecule has 1 atom stereocenters. The van der Waals surface area contributed by atoms with E-state index >= 15 is 0 Å². The second-order valence-corrected chi connectivity index (χ2v) is 4.30. The fourth-order valence-corrected chi connectivity index (χ4v) is 1.59. The Morgan fingerprint density at radius 1 is 1.44 bits per heavy atom. The van der Waals surface area contributed by atoms with Crippen LogP contribution in [0.2, 0.25) is 0 Å². The van der Waals surface area contributed by atoms with Crippen LogP contribution in [0, 0.1) is 5.92 Å². The Hall–Kier alpha value is -1.04. The van der Waals surface area contributed by atoms with Gasteiger partial charge in [-0.05, 0) is 12.3 Å². The van der Waals surface area contributed by atoms with Crippen LogP contribution in [0.25, 0.3) is 0 Å². The zero-order valence-electron chi connectivity index (χ0n) is 9.33. The maximum absolute atomic E-state index is 12.2. The standard InChI is InChI=1S/C10H16F3N3/c1-7(2)3-8(14)9-4-15-6-16(9)5-10(11,12)13/h4,6-8H,3,5,14H2,1-2H3. The van der Waals surface area contributed by atoms with E-state index in [1.807, 2.05) is 13.8 Å². The zero-order chi connectivity index (χ0) is 12.3. The van der Waals surface area contributed by atoms with E-state index in [-0.39, 0.29) is 0 Å². The van der Waals surface area contributed by atoms with E-state index < -0.39 is 18.8 Å². The minimum absolute atomic E-state index is 0.337. The minimum atomic E-state index is -4.24. The van der Waals surface area contributed by atoms with Crippen molar-refractivity contribution in [2.75, 3.05) is 0 Å². The smallest absolute Gasteiger partial charge is 0.324 e. The average Bonchev–Trinajstić information content (AvgIpc) is 2.47. The summed E-state index contributed by atoms with van der Waals surface area (Å²) < 4.78 is 37.8. The first kappa shape index (κ1) is 13.0. The first-order chi connectivity index (χ1) is 7.29. The summed E-state index contributed by atoms with van der Waals surface area (Å²) in [6.45, 7) is 2.92. The van der Waals surface area contributed by atoms with Crippen LogP contribution in [0.4, 0.5) is 13.2 Å². The Morgan fingerprint density at radius 3 is 2.56 bits per heavy atom. The van der Waals surface area contributed by atoms with Crippen molar-refractivity contribution in [3.05, 3.63) is 18.2 Å². The molecule has 2 N–H and O–H groups in total. The second kappa shape index (κ2) is 4.86. The van der Waals surface area contributed by atoms with Crippen LogP contribution in [-0.2, 0) is 6.54 Å². The fraction of sp³-hybridized carbons (Fsp3) is 0.700. The summed E-state index contributed by atoms with van der Waals surface area (Å²) in [5.41, 5.74) is 6.27. The van der Waals surface area contributed by atoms with Crippen LogP contribution in [0.5, 0.6) is 0 Å². The van der Waals surface area contributed by atoms with E-state index in [4.69, 9.17) is 5.73 Å². The van der Waals surface area contributed by atoms with Crippen LogP contribution >= 0.6 is 0 Å². The number of nitrogens with zero attached hydrogens (tertiary/aromatic N) is 2. The molecule has 0 spiro atoms. The topological polar surface area (TPSA) is 43.8 Å². The molecule has 0 aliphatic carbocycles. The van der Waals surface area contributed by atoms with E-state index in [1.165, 1.54) is 12.5 Å². The number of imidazole rings is 1. The van der Waals surface area contributed by atoms with Crippen molar-refractivity contribution in [1.29, 1.82) is 0 Å². The number of alkyl halides is 3. The molecule has 1 unspecified atom stereocenters. The second-order valence-electron chi connectivity index (χ2n) is 4.30. The van der Waals surface area contributed by atoms with Crippen LogP contribution in [-0.4, -0.2) is 15.7 Å². The van der Waals surface area contributed by atoms with Gasteiger partial charge in [0.25, 0.3) is 0 Å². The Bertz CT molecular complexity index is 330. The van der Waals surface area contributed by atoms with Crippen LogP contribution in [0.3, 0.4) is 0 Å². The summed E-state index contributed by atoms with van der Waals surface area (Å²) in [5.74, 6) is 0.337. The highest BCUT2D eigenvalue weighted by Gasteiger charge is 2.29. The third-order valence-electron chi connectivity index (χ3n) is 2.20. The van der Waals surface area contributed by atoms with Gasteiger partial charge in [0.2, 0.25) is 0 Å². The van der Waals surface area contributed by atoms with Crippen molar-refractivity contribution < 1.29 is 13.2 Å². The molecular weight excluding hydrogens is 219 g/mol. The lowest BCUT2D eigenvalue weighted by molar-refractivity contribution is -0.141. The van der Waals surface area contributed by atoms with Gasteiger partial charge in [-0.3, -0.25) is 0 Å². The van der Waals surface area contributed by atoms with Gasteiger partial charge in [-0.2, -0.15) is 13.2 Å². The lowest BCUT2D eigenvalue weighted by atomic mass is 10.0. The molecule has 1 aromatic heterocycles. The zero-order valence-corrected chi connectivity index (χ0v) is 9.33. The normalized spacial score (nSPS) is 14.4.